The molecule has 3 aliphatic rings. The molecule has 0 radical (unpaired) electrons. The van der Waals surface area contributed by atoms with Crippen LogP contribution in [0.4, 0.5) is 30.6 Å². The van der Waals surface area contributed by atoms with Gasteiger partial charge in [-0.3, -0.25) is 14.5 Å². The lowest BCUT2D eigenvalue weighted by atomic mass is 10.1. The normalized spacial score (nSPS) is 21.0. The number of Topliss-reactive ketones (excluding diaryl/α,β-unsaturated/α-hetero) is 1. The Bertz CT molecular complexity index is 1760. The average Bonchev–Trinajstić information content (AvgIpc) is 3.81. The molecule has 2 saturated heterocycles. The maximum Gasteiger partial charge on any atom is 0.414 e. The number of nitrogens with zero attached hydrogens (tertiary/aromatic N) is 4. The summed E-state index contributed by atoms with van der Waals surface area (Å²) in [6.07, 6.45) is 3.83. The van der Waals surface area contributed by atoms with Crippen LogP contribution in [0.25, 0.3) is 10.9 Å². The molecule has 1 aromatic heterocycles. The number of fused-ring (bicyclic) bond motifs is 1. The third-order valence-corrected chi connectivity index (χ3v) is 9.13. The number of anilines is 3. The summed E-state index contributed by atoms with van der Waals surface area (Å²) in [7, 11) is 1.77. The predicted octanol–water partition coefficient (Wildman–Crippen LogP) is 4.05. The highest BCUT2D eigenvalue weighted by atomic mass is 19.1. The van der Waals surface area contributed by atoms with Crippen molar-refractivity contribution in [3.05, 3.63) is 63.9 Å². The van der Waals surface area contributed by atoms with E-state index in [9.17, 15) is 24.3 Å². The monoisotopic (exact) mass is 623 g/mol. The van der Waals surface area contributed by atoms with Crippen molar-refractivity contribution in [3.8, 4) is 0 Å². The standard InChI is InChI=1S/C32H35F2N5O6/c1-17(40)29(35)28-16-39(32(44)45-28)19-8-9-25(23(33)11-19)36(2)20-5-3-4-10-37(14-20)27-13-26-21(12-24(27)34)30(41)22(31(42)43)15-38(26)18-6-7-18/h8-9,11-13,15,18,20,28-29H,3-7,10,14,16,35H2,1-2H3,(H,42,43)/t20?,28?,29-/m1/s1. The van der Waals surface area contributed by atoms with Gasteiger partial charge >= 0.3 is 12.1 Å². The number of carboxylic acid groups (broad SMARTS) is 1. The van der Waals surface area contributed by atoms with Crippen LogP contribution in [0.5, 0.6) is 0 Å². The lowest BCUT2D eigenvalue weighted by Crippen LogP contribution is -2.43. The van der Waals surface area contributed by atoms with Crippen molar-refractivity contribution in [2.45, 2.75) is 63.3 Å². The highest BCUT2D eigenvalue weighted by molar-refractivity contribution is 5.94. The summed E-state index contributed by atoms with van der Waals surface area (Å²) in [5, 5.41) is 9.58. The Labute approximate surface area is 257 Å². The van der Waals surface area contributed by atoms with E-state index < -0.39 is 41.3 Å². The van der Waals surface area contributed by atoms with Crippen molar-refractivity contribution in [3.63, 3.8) is 0 Å². The predicted molar refractivity (Wildman–Crippen MR) is 164 cm³/mol. The molecule has 3 heterocycles. The molecule has 1 aliphatic carbocycles. The smallest absolute Gasteiger partial charge is 0.414 e. The first-order valence-electron chi connectivity index (χ1n) is 15.1. The van der Waals surface area contributed by atoms with Crippen LogP contribution in [-0.2, 0) is 9.53 Å². The van der Waals surface area contributed by atoms with E-state index in [-0.39, 0.29) is 41.0 Å². The zero-order chi connectivity index (χ0) is 32.2. The highest BCUT2D eigenvalue weighted by Crippen LogP contribution is 2.39. The fraction of sp³-hybridized carbons (Fsp3) is 0.438. The zero-order valence-corrected chi connectivity index (χ0v) is 25.0. The number of halogens is 2. The van der Waals surface area contributed by atoms with Gasteiger partial charge in [-0.2, -0.15) is 0 Å². The lowest BCUT2D eigenvalue weighted by Gasteiger charge is -2.34. The molecule has 2 unspecified atom stereocenters. The average molecular weight is 624 g/mol. The Morgan fingerprint density at radius 3 is 2.49 bits per heavy atom. The molecule has 2 aliphatic heterocycles. The minimum atomic E-state index is -1.35. The first-order valence-corrected chi connectivity index (χ1v) is 15.1. The van der Waals surface area contributed by atoms with Crippen LogP contribution < -0.4 is 25.9 Å². The number of amides is 1. The van der Waals surface area contributed by atoms with E-state index in [4.69, 9.17) is 10.5 Å². The number of likely N-dealkylation sites (N-methyl/N-ethyl adjacent to an activating group) is 1. The molecule has 13 heteroatoms. The minimum absolute atomic E-state index is 0.0231. The number of rotatable bonds is 8. The Balaban J connectivity index is 1.26. The van der Waals surface area contributed by atoms with Crippen molar-refractivity contribution in [2.24, 2.45) is 5.73 Å². The molecule has 0 bridgehead atoms. The summed E-state index contributed by atoms with van der Waals surface area (Å²) >= 11 is 0. The maximum absolute atomic E-state index is 15.7. The van der Waals surface area contributed by atoms with Crippen molar-refractivity contribution in [1.82, 2.24) is 4.57 Å². The number of carbonyl (C=O) groups is 3. The molecule has 1 amide bonds. The van der Waals surface area contributed by atoms with Gasteiger partial charge in [-0.15, -0.1) is 0 Å². The quantitative estimate of drug-likeness (QED) is 0.381. The fourth-order valence-corrected chi connectivity index (χ4v) is 6.35. The number of nitrogens with two attached hydrogens (primary N) is 1. The minimum Gasteiger partial charge on any atom is -0.477 e. The summed E-state index contributed by atoms with van der Waals surface area (Å²) in [6.45, 7) is 2.27. The highest BCUT2D eigenvalue weighted by Gasteiger charge is 2.38. The SMILES string of the molecule is CC(=O)[C@@H](N)C1CN(c2ccc(N(C)C3CCCCN(c4cc5c(cc4F)c(=O)c(C(=O)O)cn5C4CC4)C3)c(F)c2)C(=O)O1. The van der Waals surface area contributed by atoms with Crippen molar-refractivity contribution < 1.29 is 33.0 Å². The van der Waals surface area contributed by atoms with Gasteiger partial charge in [-0.1, -0.05) is 0 Å². The van der Waals surface area contributed by atoms with Gasteiger partial charge in [0.15, 0.2) is 0 Å². The zero-order valence-electron chi connectivity index (χ0n) is 25.0. The number of pyridine rings is 1. The van der Waals surface area contributed by atoms with E-state index in [1.807, 2.05) is 9.80 Å². The Morgan fingerprint density at radius 2 is 1.82 bits per heavy atom. The Kier molecular flexibility index (Phi) is 7.98. The number of aromatic nitrogens is 1. The van der Waals surface area contributed by atoms with Gasteiger partial charge in [0.2, 0.25) is 5.43 Å². The van der Waals surface area contributed by atoms with Gasteiger partial charge in [0, 0.05) is 43.8 Å². The van der Waals surface area contributed by atoms with Crippen LogP contribution in [0, 0.1) is 11.6 Å². The number of ketones is 1. The molecule has 3 atom stereocenters. The number of ether oxygens (including phenoxy) is 1. The number of aromatic carboxylic acids is 1. The summed E-state index contributed by atoms with van der Waals surface area (Å²) < 4.78 is 38.3. The first kappa shape index (κ1) is 30.5. The molecule has 3 aromatic rings. The molecule has 3 fully saturated rings. The molecular formula is C32H35F2N5O6. The number of carboxylic acids is 1. The first-order chi connectivity index (χ1) is 21.4. The molecular weight excluding hydrogens is 588 g/mol. The van der Waals surface area contributed by atoms with Crippen LogP contribution in [-0.4, -0.2) is 72.4 Å². The number of benzene rings is 2. The molecule has 0 spiro atoms. The topological polar surface area (TPSA) is 138 Å². The van der Waals surface area contributed by atoms with Crippen molar-refractivity contribution >= 4 is 45.8 Å². The molecule has 6 rings (SSSR count). The second-order valence-corrected chi connectivity index (χ2v) is 12.1. The van der Waals surface area contributed by atoms with Crippen LogP contribution in [0.2, 0.25) is 0 Å². The number of cyclic esters (lactones) is 1. The van der Waals surface area contributed by atoms with Crippen LogP contribution >= 0.6 is 0 Å². The second-order valence-electron chi connectivity index (χ2n) is 12.1. The number of hydrogen-bond acceptors (Lipinski definition) is 8. The number of hydrogen-bond donors (Lipinski definition) is 2. The Hall–Kier alpha value is -4.52. The molecule has 11 nitrogen and oxygen atoms in total. The summed E-state index contributed by atoms with van der Waals surface area (Å²) in [5.41, 5.74) is 6.14. The van der Waals surface area contributed by atoms with E-state index in [0.29, 0.717) is 30.0 Å². The van der Waals surface area contributed by atoms with Crippen LogP contribution in [0.1, 0.15) is 55.4 Å². The van der Waals surface area contributed by atoms with E-state index >= 15 is 8.78 Å². The maximum atomic E-state index is 15.7. The van der Waals surface area contributed by atoms with E-state index in [1.54, 1.807) is 29.8 Å². The molecule has 3 N–H and O–H groups in total. The summed E-state index contributed by atoms with van der Waals surface area (Å²) in [6, 6.07) is 6.09. The van der Waals surface area contributed by atoms with Gasteiger partial charge in [-0.25, -0.2) is 18.4 Å². The molecule has 2 aromatic carbocycles. The number of carbonyl (C=O) groups excluding carboxylic acids is 2. The summed E-state index contributed by atoms with van der Waals surface area (Å²) in [5.74, 6) is -2.84. The Morgan fingerprint density at radius 1 is 1.07 bits per heavy atom. The van der Waals surface area contributed by atoms with Gasteiger partial charge < -0.3 is 29.9 Å². The van der Waals surface area contributed by atoms with E-state index in [2.05, 4.69) is 0 Å². The van der Waals surface area contributed by atoms with Crippen LogP contribution in [0.3, 0.4) is 0 Å². The third-order valence-electron chi connectivity index (χ3n) is 9.13. The van der Waals surface area contributed by atoms with Crippen molar-refractivity contribution in [2.75, 3.05) is 41.4 Å². The van der Waals surface area contributed by atoms with E-state index in [1.165, 1.54) is 24.1 Å². The van der Waals surface area contributed by atoms with Crippen LogP contribution in [0.15, 0.2) is 41.3 Å². The largest absolute Gasteiger partial charge is 0.477 e. The van der Waals surface area contributed by atoms with E-state index in [0.717, 1.165) is 38.2 Å². The lowest BCUT2D eigenvalue weighted by molar-refractivity contribution is -0.120. The summed E-state index contributed by atoms with van der Waals surface area (Å²) in [4.78, 5) is 53.7. The van der Waals surface area contributed by atoms with Gasteiger partial charge in [0.25, 0.3) is 0 Å². The molecule has 1 saturated carbocycles. The van der Waals surface area contributed by atoms with Crippen molar-refractivity contribution in [1.29, 1.82) is 0 Å². The third kappa shape index (κ3) is 5.72. The fourth-order valence-electron chi connectivity index (χ4n) is 6.35. The second kappa shape index (κ2) is 11.8. The van der Waals surface area contributed by atoms with Gasteiger partial charge in [0.05, 0.1) is 29.1 Å². The van der Waals surface area contributed by atoms with Gasteiger partial charge in [0.1, 0.15) is 35.1 Å². The molecule has 45 heavy (non-hydrogen) atoms. The van der Waals surface area contributed by atoms with Gasteiger partial charge in [-0.05, 0) is 69.4 Å². The molecule has 238 valence electrons.